The Morgan fingerprint density at radius 3 is 2.44 bits per heavy atom. The molecular weight excluding hydrogens is 211 g/mol. The van der Waals surface area contributed by atoms with Crippen LogP contribution in [0, 0.1) is 11.7 Å². The Bertz CT molecular complexity index is 389. The van der Waals surface area contributed by atoms with Gasteiger partial charge in [-0.05, 0) is 24.3 Å². The summed E-state index contributed by atoms with van der Waals surface area (Å²) in [6, 6.07) is 5.39. The molecule has 0 fully saturated rings. The summed E-state index contributed by atoms with van der Waals surface area (Å²) in [7, 11) is 0. The molecule has 0 spiro atoms. The number of nitrogens with two attached hydrogens (primary N) is 1. The lowest BCUT2D eigenvalue weighted by Gasteiger charge is -2.10. The third kappa shape index (κ3) is 3.68. The molecule has 1 unspecified atom stereocenters. The van der Waals surface area contributed by atoms with Gasteiger partial charge in [-0.3, -0.25) is 9.59 Å². The Morgan fingerprint density at radius 2 is 1.94 bits per heavy atom. The number of carbonyl (C=O) groups excluding carboxylic acids is 2. The smallest absolute Gasteiger partial charge is 0.227 e. The van der Waals surface area contributed by atoms with E-state index in [1.165, 1.54) is 24.3 Å². The number of amides is 2. The molecule has 1 aromatic carbocycles. The number of anilines is 1. The average Bonchev–Trinajstić information content (AvgIpc) is 2.20. The molecule has 1 rings (SSSR count). The van der Waals surface area contributed by atoms with Crippen LogP contribution in [0.25, 0.3) is 0 Å². The van der Waals surface area contributed by atoms with E-state index in [4.69, 9.17) is 5.73 Å². The number of rotatable bonds is 4. The van der Waals surface area contributed by atoms with Gasteiger partial charge in [-0.15, -0.1) is 0 Å². The minimum absolute atomic E-state index is 0.00692. The van der Waals surface area contributed by atoms with Crippen molar-refractivity contribution in [1.82, 2.24) is 0 Å². The van der Waals surface area contributed by atoms with Crippen molar-refractivity contribution < 1.29 is 14.0 Å². The zero-order valence-corrected chi connectivity index (χ0v) is 8.87. The van der Waals surface area contributed by atoms with Crippen LogP contribution in [-0.4, -0.2) is 11.8 Å². The van der Waals surface area contributed by atoms with E-state index in [9.17, 15) is 14.0 Å². The molecule has 2 amide bonds. The van der Waals surface area contributed by atoms with E-state index in [1.807, 2.05) is 0 Å². The Morgan fingerprint density at radius 1 is 1.38 bits per heavy atom. The van der Waals surface area contributed by atoms with Crippen LogP contribution in [0.3, 0.4) is 0 Å². The molecule has 0 aromatic heterocycles. The van der Waals surface area contributed by atoms with E-state index in [0.717, 1.165) is 0 Å². The zero-order chi connectivity index (χ0) is 12.1. The van der Waals surface area contributed by atoms with Gasteiger partial charge in [-0.1, -0.05) is 6.92 Å². The van der Waals surface area contributed by atoms with Gasteiger partial charge in [0, 0.05) is 18.0 Å². The topological polar surface area (TPSA) is 72.2 Å². The summed E-state index contributed by atoms with van der Waals surface area (Å²) < 4.78 is 12.6. The fraction of sp³-hybridized carbons (Fsp3) is 0.273. The van der Waals surface area contributed by atoms with Gasteiger partial charge in [-0.25, -0.2) is 4.39 Å². The third-order valence-electron chi connectivity index (χ3n) is 2.07. The molecule has 0 aliphatic carbocycles. The molecular formula is C11H13FN2O2. The van der Waals surface area contributed by atoms with Crippen LogP contribution in [0.4, 0.5) is 10.1 Å². The minimum Gasteiger partial charge on any atom is -0.370 e. The van der Waals surface area contributed by atoms with Gasteiger partial charge in [0.25, 0.3) is 0 Å². The second-order valence-electron chi connectivity index (χ2n) is 3.57. The average molecular weight is 224 g/mol. The van der Waals surface area contributed by atoms with Crippen LogP contribution in [0.2, 0.25) is 0 Å². The molecule has 0 radical (unpaired) electrons. The highest BCUT2D eigenvalue weighted by Crippen LogP contribution is 2.11. The first-order valence-corrected chi connectivity index (χ1v) is 4.84. The molecule has 1 atom stereocenters. The van der Waals surface area contributed by atoms with Crippen molar-refractivity contribution in [2.45, 2.75) is 13.3 Å². The molecule has 0 bridgehead atoms. The second kappa shape index (κ2) is 5.25. The quantitative estimate of drug-likeness (QED) is 0.808. The SMILES string of the molecule is CC(CC(N)=O)C(=O)Nc1ccc(F)cc1. The van der Waals surface area contributed by atoms with E-state index >= 15 is 0 Å². The minimum atomic E-state index is -0.526. The number of benzene rings is 1. The van der Waals surface area contributed by atoms with Gasteiger partial charge >= 0.3 is 0 Å². The van der Waals surface area contributed by atoms with Crippen LogP contribution in [0.5, 0.6) is 0 Å². The predicted octanol–water partition coefficient (Wildman–Crippen LogP) is 1.28. The highest BCUT2D eigenvalue weighted by atomic mass is 19.1. The van der Waals surface area contributed by atoms with Crippen LogP contribution in [0.15, 0.2) is 24.3 Å². The predicted molar refractivity (Wildman–Crippen MR) is 58.0 cm³/mol. The lowest BCUT2D eigenvalue weighted by molar-refractivity contribution is -0.125. The summed E-state index contributed by atoms with van der Waals surface area (Å²) >= 11 is 0. The molecule has 5 heteroatoms. The summed E-state index contributed by atoms with van der Waals surface area (Å²) in [6.45, 7) is 1.60. The normalized spacial score (nSPS) is 11.9. The Hall–Kier alpha value is -1.91. The fourth-order valence-electron chi connectivity index (χ4n) is 1.19. The van der Waals surface area contributed by atoms with E-state index in [2.05, 4.69) is 5.32 Å². The monoisotopic (exact) mass is 224 g/mol. The van der Waals surface area contributed by atoms with Crippen molar-refractivity contribution in [3.8, 4) is 0 Å². The lowest BCUT2D eigenvalue weighted by Crippen LogP contribution is -2.25. The summed E-state index contributed by atoms with van der Waals surface area (Å²) in [5, 5.41) is 2.56. The molecule has 16 heavy (non-hydrogen) atoms. The standard InChI is InChI=1S/C11H13FN2O2/c1-7(6-10(13)15)11(16)14-9-4-2-8(12)3-5-9/h2-5,7H,6H2,1H3,(H2,13,15)(H,14,16). The Balaban J connectivity index is 2.57. The van der Waals surface area contributed by atoms with Crippen molar-refractivity contribution >= 4 is 17.5 Å². The highest BCUT2D eigenvalue weighted by molar-refractivity contribution is 5.94. The summed E-state index contributed by atoms with van der Waals surface area (Å²) in [4.78, 5) is 22.1. The van der Waals surface area contributed by atoms with Gasteiger partial charge in [-0.2, -0.15) is 0 Å². The van der Waals surface area contributed by atoms with Crippen molar-refractivity contribution in [2.24, 2.45) is 11.7 Å². The molecule has 3 N–H and O–H groups in total. The van der Waals surface area contributed by atoms with Crippen molar-refractivity contribution in [2.75, 3.05) is 5.32 Å². The number of carbonyl (C=O) groups is 2. The van der Waals surface area contributed by atoms with Gasteiger partial charge in [0.1, 0.15) is 5.82 Å². The Labute approximate surface area is 92.6 Å². The maximum Gasteiger partial charge on any atom is 0.227 e. The molecule has 4 nitrogen and oxygen atoms in total. The zero-order valence-electron chi connectivity index (χ0n) is 8.87. The summed E-state index contributed by atoms with van der Waals surface area (Å²) in [5.74, 6) is -1.71. The molecule has 0 saturated heterocycles. The molecule has 1 aromatic rings. The van der Waals surface area contributed by atoms with Gasteiger partial charge in [0.2, 0.25) is 11.8 Å². The van der Waals surface area contributed by atoms with E-state index in [1.54, 1.807) is 6.92 Å². The van der Waals surface area contributed by atoms with E-state index in [-0.39, 0.29) is 18.1 Å². The number of halogens is 1. The number of hydrogen-bond donors (Lipinski definition) is 2. The number of nitrogens with one attached hydrogen (secondary N) is 1. The maximum atomic E-state index is 12.6. The largest absolute Gasteiger partial charge is 0.370 e. The lowest BCUT2D eigenvalue weighted by atomic mass is 10.1. The van der Waals surface area contributed by atoms with Crippen molar-refractivity contribution in [3.05, 3.63) is 30.1 Å². The first-order chi connectivity index (χ1) is 7.49. The maximum absolute atomic E-state index is 12.6. The molecule has 0 aliphatic rings. The van der Waals surface area contributed by atoms with Gasteiger partial charge < -0.3 is 11.1 Å². The van der Waals surface area contributed by atoms with E-state index in [0.29, 0.717) is 5.69 Å². The van der Waals surface area contributed by atoms with Gasteiger partial charge in [0.15, 0.2) is 0 Å². The number of hydrogen-bond acceptors (Lipinski definition) is 2. The molecule has 86 valence electrons. The Kier molecular flexibility index (Phi) is 3.99. The first kappa shape index (κ1) is 12.2. The molecule has 0 heterocycles. The van der Waals surface area contributed by atoms with Crippen LogP contribution >= 0.6 is 0 Å². The van der Waals surface area contributed by atoms with E-state index < -0.39 is 11.8 Å². The third-order valence-corrected chi connectivity index (χ3v) is 2.07. The molecule has 0 saturated carbocycles. The summed E-state index contributed by atoms with van der Waals surface area (Å²) in [6.07, 6.45) is -0.00692. The van der Waals surface area contributed by atoms with Crippen molar-refractivity contribution in [1.29, 1.82) is 0 Å². The summed E-state index contributed by atoms with van der Waals surface area (Å²) in [5.41, 5.74) is 5.46. The first-order valence-electron chi connectivity index (χ1n) is 4.84. The second-order valence-corrected chi connectivity index (χ2v) is 3.57. The molecule has 0 aliphatic heterocycles. The van der Waals surface area contributed by atoms with Crippen molar-refractivity contribution in [3.63, 3.8) is 0 Å². The number of primary amides is 1. The van der Waals surface area contributed by atoms with Crippen LogP contribution in [0.1, 0.15) is 13.3 Å². The van der Waals surface area contributed by atoms with Gasteiger partial charge in [0.05, 0.1) is 0 Å². The van der Waals surface area contributed by atoms with Crippen LogP contribution in [-0.2, 0) is 9.59 Å². The van der Waals surface area contributed by atoms with Crippen LogP contribution < -0.4 is 11.1 Å². The highest BCUT2D eigenvalue weighted by Gasteiger charge is 2.15. The fourth-order valence-corrected chi connectivity index (χ4v) is 1.19.